The van der Waals surface area contributed by atoms with Crippen LogP contribution in [0, 0.1) is 5.92 Å². The summed E-state index contributed by atoms with van der Waals surface area (Å²) in [6.07, 6.45) is 2.58. The molecule has 104 valence electrons. The number of unbranched alkanes of at least 4 members (excludes halogenated alkanes) is 1. The summed E-state index contributed by atoms with van der Waals surface area (Å²) in [6.45, 7) is 19.5. The second-order valence-corrected chi connectivity index (χ2v) is 6.87. The van der Waals surface area contributed by atoms with Crippen LogP contribution in [0.1, 0.15) is 61.3 Å². The number of nitrogens with one attached hydrogen (secondary N) is 1. The maximum atomic E-state index is 3.55. The molecule has 0 aromatic rings. The van der Waals surface area contributed by atoms with Crippen molar-refractivity contribution in [3.05, 3.63) is 0 Å². The minimum Gasteiger partial charge on any atom is -0.312 e. The Morgan fingerprint density at radius 1 is 1.00 bits per heavy atom. The Kier molecular flexibility index (Phi) is 8.06. The van der Waals surface area contributed by atoms with Crippen LogP contribution >= 0.6 is 0 Å². The van der Waals surface area contributed by atoms with Crippen LogP contribution in [-0.4, -0.2) is 36.1 Å². The molecule has 0 fully saturated rings. The first-order valence-electron chi connectivity index (χ1n) is 7.21. The molecule has 2 nitrogen and oxygen atoms in total. The second kappa shape index (κ2) is 8.10. The van der Waals surface area contributed by atoms with E-state index in [1.165, 1.54) is 25.9 Å². The van der Waals surface area contributed by atoms with Crippen molar-refractivity contribution in [3.63, 3.8) is 0 Å². The van der Waals surface area contributed by atoms with Gasteiger partial charge >= 0.3 is 0 Å². The Morgan fingerprint density at radius 3 is 2.00 bits per heavy atom. The van der Waals surface area contributed by atoms with E-state index >= 15 is 0 Å². The van der Waals surface area contributed by atoms with Gasteiger partial charge in [0.1, 0.15) is 0 Å². The Bertz CT molecular complexity index is 180. The predicted molar refractivity (Wildman–Crippen MR) is 78.5 cm³/mol. The highest BCUT2D eigenvalue weighted by Gasteiger charge is 2.11. The molecular weight excluding hydrogens is 208 g/mol. The molecule has 0 unspecified atom stereocenters. The smallest absolute Gasteiger partial charge is 0.00965 e. The molecule has 0 bridgehead atoms. The van der Waals surface area contributed by atoms with Gasteiger partial charge in [0.2, 0.25) is 0 Å². The third-order valence-electron chi connectivity index (χ3n) is 2.86. The van der Waals surface area contributed by atoms with Gasteiger partial charge < -0.3 is 10.2 Å². The maximum Gasteiger partial charge on any atom is 0.00965 e. The van der Waals surface area contributed by atoms with E-state index in [9.17, 15) is 0 Å². The zero-order valence-electron chi connectivity index (χ0n) is 13.1. The maximum absolute atomic E-state index is 3.55. The van der Waals surface area contributed by atoms with E-state index in [4.69, 9.17) is 0 Å². The molecule has 0 saturated carbocycles. The van der Waals surface area contributed by atoms with E-state index < -0.39 is 0 Å². The summed E-state index contributed by atoms with van der Waals surface area (Å²) in [5.41, 5.74) is 0.260. The fourth-order valence-corrected chi connectivity index (χ4v) is 1.93. The van der Waals surface area contributed by atoms with E-state index in [0.29, 0.717) is 6.04 Å². The molecule has 0 amide bonds. The van der Waals surface area contributed by atoms with Gasteiger partial charge in [-0.25, -0.2) is 0 Å². The van der Waals surface area contributed by atoms with Crippen LogP contribution < -0.4 is 5.32 Å². The summed E-state index contributed by atoms with van der Waals surface area (Å²) in [6, 6.07) is 0.674. The quantitative estimate of drug-likeness (QED) is 0.655. The lowest BCUT2D eigenvalue weighted by molar-refractivity contribution is 0.193. The Hall–Kier alpha value is -0.0800. The van der Waals surface area contributed by atoms with Gasteiger partial charge in [0, 0.05) is 18.1 Å². The number of hydrogen-bond acceptors (Lipinski definition) is 2. The van der Waals surface area contributed by atoms with Gasteiger partial charge in [-0.15, -0.1) is 0 Å². The highest BCUT2D eigenvalue weighted by atomic mass is 15.1. The fourth-order valence-electron chi connectivity index (χ4n) is 1.93. The van der Waals surface area contributed by atoms with Crippen molar-refractivity contribution in [3.8, 4) is 0 Å². The first-order valence-corrected chi connectivity index (χ1v) is 7.21. The van der Waals surface area contributed by atoms with Crippen molar-refractivity contribution < 1.29 is 0 Å². The van der Waals surface area contributed by atoms with Crippen LogP contribution in [-0.2, 0) is 0 Å². The zero-order valence-corrected chi connectivity index (χ0v) is 13.1. The molecule has 0 aliphatic rings. The van der Waals surface area contributed by atoms with Crippen LogP contribution in [0.3, 0.4) is 0 Å². The SMILES string of the molecule is CC(C)CN(CCCCNC(C)(C)C)C(C)C. The largest absolute Gasteiger partial charge is 0.312 e. The van der Waals surface area contributed by atoms with Crippen molar-refractivity contribution in [2.24, 2.45) is 5.92 Å². The van der Waals surface area contributed by atoms with Crippen molar-refractivity contribution in [2.45, 2.75) is 72.9 Å². The fraction of sp³-hybridized carbons (Fsp3) is 1.00. The summed E-state index contributed by atoms with van der Waals surface area (Å²) in [5.74, 6) is 0.769. The first kappa shape index (κ1) is 16.9. The van der Waals surface area contributed by atoms with E-state index in [0.717, 1.165) is 12.5 Å². The molecule has 0 atom stereocenters. The highest BCUT2D eigenvalue weighted by Crippen LogP contribution is 2.06. The van der Waals surface area contributed by atoms with E-state index in [2.05, 4.69) is 58.7 Å². The lowest BCUT2D eigenvalue weighted by Crippen LogP contribution is -2.37. The molecule has 0 aliphatic heterocycles. The number of rotatable bonds is 8. The molecule has 2 heteroatoms. The molecule has 17 heavy (non-hydrogen) atoms. The van der Waals surface area contributed by atoms with E-state index in [1.54, 1.807) is 0 Å². The summed E-state index contributed by atoms with van der Waals surface area (Å²) >= 11 is 0. The molecule has 0 aromatic heterocycles. The summed E-state index contributed by atoms with van der Waals surface area (Å²) < 4.78 is 0. The van der Waals surface area contributed by atoms with Crippen molar-refractivity contribution in [1.29, 1.82) is 0 Å². The van der Waals surface area contributed by atoms with Crippen LogP contribution in [0.25, 0.3) is 0 Å². The third kappa shape index (κ3) is 10.8. The lowest BCUT2D eigenvalue weighted by atomic mass is 10.1. The molecule has 0 saturated heterocycles. The van der Waals surface area contributed by atoms with Gasteiger partial charge in [-0.3, -0.25) is 0 Å². The summed E-state index contributed by atoms with van der Waals surface area (Å²) in [5, 5.41) is 3.55. The molecule has 1 N–H and O–H groups in total. The van der Waals surface area contributed by atoms with E-state index in [-0.39, 0.29) is 5.54 Å². The number of nitrogens with zero attached hydrogens (tertiary/aromatic N) is 1. The average molecular weight is 242 g/mol. The van der Waals surface area contributed by atoms with Crippen molar-refractivity contribution in [2.75, 3.05) is 19.6 Å². The normalized spacial score (nSPS) is 13.1. The summed E-state index contributed by atoms with van der Waals surface area (Å²) in [4.78, 5) is 2.60. The topological polar surface area (TPSA) is 15.3 Å². The minimum absolute atomic E-state index is 0.260. The zero-order chi connectivity index (χ0) is 13.5. The molecule has 0 spiro atoms. The van der Waals surface area contributed by atoms with Gasteiger partial charge in [-0.2, -0.15) is 0 Å². The molecular formula is C15H34N2. The van der Waals surface area contributed by atoms with Gasteiger partial charge in [0.05, 0.1) is 0 Å². The Labute approximate surface area is 109 Å². The minimum atomic E-state index is 0.260. The molecule has 0 aliphatic carbocycles. The van der Waals surface area contributed by atoms with Gasteiger partial charge in [-0.1, -0.05) is 13.8 Å². The number of hydrogen-bond donors (Lipinski definition) is 1. The first-order chi connectivity index (χ1) is 7.72. The standard InChI is InChI=1S/C15H34N2/c1-13(2)12-17(14(3)4)11-9-8-10-16-15(5,6)7/h13-14,16H,8-12H2,1-7H3. The summed E-state index contributed by atoms with van der Waals surface area (Å²) in [7, 11) is 0. The Balaban J connectivity index is 3.69. The van der Waals surface area contributed by atoms with Gasteiger partial charge in [-0.05, 0) is 66.5 Å². The van der Waals surface area contributed by atoms with Crippen molar-refractivity contribution >= 4 is 0 Å². The monoisotopic (exact) mass is 242 g/mol. The van der Waals surface area contributed by atoms with Crippen LogP contribution in [0.2, 0.25) is 0 Å². The third-order valence-corrected chi connectivity index (χ3v) is 2.86. The van der Waals surface area contributed by atoms with Crippen LogP contribution in [0.15, 0.2) is 0 Å². The molecule has 0 aromatic carbocycles. The van der Waals surface area contributed by atoms with E-state index in [1.807, 2.05) is 0 Å². The molecule has 0 rings (SSSR count). The van der Waals surface area contributed by atoms with Crippen LogP contribution in [0.4, 0.5) is 0 Å². The lowest BCUT2D eigenvalue weighted by Gasteiger charge is -2.28. The highest BCUT2D eigenvalue weighted by molar-refractivity contribution is 4.70. The predicted octanol–water partition coefficient (Wildman–Crippen LogP) is 3.52. The van der Waals surface area contributed by atoms with Gasteiger partial charge in [0.15, 0.2) is 0 Å². The molecule has 0 heterocycles. The second-order valence-electron chi connectivity index (χ2n) is 6.87. The Morgan fingerprint density at radius 2 is 1.59 bits per heavy atom. The van der Waals surface area contributed by atoms with Crippen LogP contribution in [0.5, 0.6) is 0 Å². The molecule has 0 radical (unpaired) electrons. The average Bonchev–Trinajstić information content (AvgIpc) is 2.12. The van der Waals surface area contributed by atoms with Gasteiger partial charge in [0.25, 0.3) is 0 Å². The van der Waals surface area contributed by atoms with Crippen molar-refractivity contribution in [1.82, 2.24) is 10.2 Å².